The number of benzene rings is 2. The lowest BCUT2D eigenvalue weighted by molar-refractivity contribution is -0.151. The molecule has 0 aliphatic heterocycles. The lowest BCUT2D eigenvalue weighted by Gasteiger charge is -2.17. The Labute approximate surface area is 159 Å². The number of hydrogen-bond donors (Lipinski definition) is 1. The van der Waals surface area contributed by atoms with Gasteiger partial charge in [-0.15, -0.1) is 0 Å². The number of nitrogens with zero attached hydrogens (tertiary/aromatic N) is 1. The van der Waals surface area contributed by atoms with Gasteiger partial charge in [0.25, 0.3) is 5.91 Å². The quantitative estimate of drug-likeness (QED) is 0.762. The van der Waals surface area contributed by atoms with Crippen LogP contribution < -0.4 is 5.32 Å². The predicted molar refractivity (Wildman–Crippen MR) is 103 cm³/mol. The average Bonchev–Trinajstić information content (AvgIpc) is 2.63. The molecule has 0 unspecified atom stereocenters. The van der Waals surface area contributed by atoms with E-state index in [1.165, 1.54) is 11.9 Å². The van der Waals surface area contributed by atoms with Crippen LogP contribution in [0.25, 0.3) is 0 Å². The molecule has 1 N–H and O–H groups in total. The third kappa shape index (κ3) is 6.93. The zero-order valence-electron chi connectivity index (χ0n) is 15.8. The maximum Gasteiger partial charge on any atom is 0.310 e. The van der Waals surface area contributed by atoms with E-state index >= 15 is 0 Å². The minimum Gasteiger partial charge on any atom is -0.455 e. The van der Waals surface area contributed by atoms with Crippen molar-refractivity contribution in [1.29, 1.82) is 0 Å². The van der Waals surface area contributed by atoms with Gasteiger partial charge >= 0.3 is 5.97 Å². The van der Waals surface area contributed by atoms with Crippen molar-refractivity contribution in [1.82, 2.24) is 4.90 Å². The molecule has 2 aromatic carbocycles. The topological polar surface area (TPSA) is 75.7 Å². The highest BCUT2D eigenvalue weighted by molar-refractivity contribution is 5.94. The first-order valence-corrected chi connectivity index (χ1v) is 8.65. The second kappa shape index (κ2) is 9.52. The van der Waals surface area contributed by atoms with Crippen LogP contribution in [-0.2, 0) is 25.5 Å². The van der Waals surface area contributed by atoms with E-state index in [1.807, 2.05) is 50.2 Å². The fourth-order valence-corrected chi connectivity index (χ4v) is 2.32. The maximum atomic E-state index is 12.0. The first kappa shape index (κ1) is 20.2. The molecule has 27 heavy (non-hydrogen) atoms. The number of esters is 1. The highest BCUT2D eigenvalue weighted by Crippen LogP contribution is 2.08. The van der Waals surface area contributed by atoms with Crippen LogP contribution in [0.2, 0.25) is 0 Å². The van der Waals surface area contributed by atoms with Gasteiger partial charge in [0.1, 0.15) is 0 Å². The number of rotatable bonds is 7. The van der Waals surface area contributed by atoms with Crippen molar-refractivity contribution in [2.75, 3.05) is 25.5 Å². The summed E-state index contributed by atoms with van der Waals surface area (Å²) < 4.78 is 5.01. The van der Waals surface area contributed by atoms with Gasteiger partial charge in [0.2, 0.25) is 5.91 Å². The van der Waals surface area contributed by atoms with Crippen LogP contribution in [0, 0.1) is 13.8 Å². The number of hydrogen-bond acceptors (Lipinski definition) is 4. The van der Waals surface area contributed by atoms with Gasteiger partial charge in [0.05, 0.1) is 13.0 Å². The minimum atomic E-state index is -0.482. The number of nitrogens with one attached hydrogen (secondary N) is 1. The van der Waals surface area contributed by atoms with Crippen LogP contribution in [0.5, 0.6) is 0 Å². The van der Waals surface area contributed by atoms with Gasteiger partial charge in [-0.2, -0.15) is 0 Å². The summed E-state index contributed by atoms with van der Waals surface area (Å²) in [6.07, 6.45) is 0.102. The van der Waals surface area contributed by atoms with Crippen molar-refractivity contribution in [2.24, 2.45) is 0 Å². The molecular weight excluding hydrogens is 344 g/mol. The van der Waals surface area contributed by atoms with Gasteiger partial charge < -0.3 is 15.0 Å². The SMILES string of the molecule is Cc1ccc(CC(=O)OCC(=O)N(C)CC(=O)Nc2ccc(C)cc2)cc1. The van der Waals surface area contributed by atoms with E-state index in [0.717, 1.165) is 16.7 Å². The van der Waals surface area contributed by atoms with Crippen LogP contribution in [0.3, 0.4) is 0 Å². The van der Waals surface area contributed by atoms with Crippen molar-refractivity contribution in [3.05, 3.63) is 65.2 Å². The monoisotopic (exact) mass is 368 g/mol. The second-order valence-electron chi connectivity index (χ2n) is 6.49. The van der Waals surface area contributed by atoms with Gasteiger partial charge in [0.15, 0.2) is 6.61 Å². The van der Waals surface area contributed by atoms with Gasteiger partial charge in [-0.3, -0.25) is 14.4 Å². The van der Waals surface area contributed by atoms with E-state index in [2.05, 4.69) is 5.32 Å². The summed E-state index contributed by atoms with van der Waals surface area (Å²) in [5, 5.41) is 2.72. The predicted octanol–water partition coefficient (Wildman–Crippen LogP) is 2.49. The highest BCUT2D eigenvalue weighted by atomic mass is 16.5. The molecule has 2 aromatic rings. The third-order valence-electron chi connectivity index (χ3n) is 3.97. The number of ether oxygens (including phenoxy) is 1. The first-order chi connectivity index (χ1) is 12.8. The lowest BCUT2D eigenvalue weighted by atomic mass is 10.1. The van der Waals surface area contributed by atoms with E-state index in [0.29, 0.717) is 5.69 Å². The molecule has 0 heterocycles. The van der Waals surface area contributed by atoms with E-state index in [1.54, 1.807) is 12.1 Å². The summed E-state index contributed by atoms with van der Waals surface area (Å²) in [6, 6.07) is 14.9. The van der Waals surface area contributed by atoms with Crippen LogP contribution >= 0.6 is 0 Å². The molecule has 0 bridgehead atoms. The number of likely N-dealkylation sites (N-methyl/N-ethyl adjacent to an activating group) is 1. The highest BCUT2D eigenvalue weighted by Gasteiger charge is 2.15. The molecule has 6 heteroatoms. The van der Waals surface area contributed by atoms with Crippen molar-refractivity contribution < 1.29 is 19.1 Å². The van der Waals surface area contributed by atoms with Crippen LogP contribution in [-0.4, -0.2) is 42.9 Å². The van der Waals surface area contributed by atoms with E-state index < -0.39 is 11.9 Å². The zero-order valence-corrected chi connectivity index (χ0v) is 15.8. The van der Waals surface area contributed by atoms with Crippen LogP contribution in [0.4, 0.5) is 5.69 Å². The van der Waals surface area contributed by atoms with E-state index in [-0.39, 0.29) is 25.5 Å². The Hall–Kier alpha value is -3.15. The molecule has 0 atom stereocenters. The Bertz CT molecular complexity index is 798. The lowest BCUT2D eigenvalue weighted by Crippen LogP contribution is -2.37. The summed E-state index contributed by atoms with van der Waals surface area (Å²) in [6.45, 7) is 3.41. The number of anilines is 1. The number of carbonyl (C=O) groups is 3. The van der Waals surface area contributed by atoms with Gasteiger partial charge in [-0.05, 0) is 31.5 Å². The molecule has 0 aliphatic carbocycles. The van der Waals surface area contributed by atoms with Crippen molar-refractivity contribution >= 4 is 23.5 Å². The number of aryl methyl sites for hydroxylation is 2. The fraction of sp³-hybridized carbons (Fsp3) is 0.286. The molecule has 0 spiro atoms. The van der Waals surface area contributed by atoms with E-state index in [9.17, 15) is 14.4 Å². The first-order valence-electron chi connectivity index (χ1n) is 8.65. The Morgan fingerprint density at radius 2 is 1.48 bits per heavy atom. The number of amides is 2. The molecule has 0 aromatic heterocycles. The largest absolute Gasteiger partial charge is 0.455 e. The molecule has 0 fully saturated rings. The third-order valence-corrected chi connectivity index (χ3v) is 3.97. The summed E-state index contributed by atoms with van der Waals surface area (Å²) in [7, 11) is 1.49. The molecule has 2 amide bonds. The van der Waals surface area contributed by atoms with Gasteiger partial charge in [-0.25, -0.2) is 0 Å². The molecule has 142 valence electrons. The Balaban J connectivity index is 1.74. The Morgan fingerprint density at radius 3 is 2.07 bits per heavy atom. The standard InChI is InChI=1S/C21H24N2O4/c1-15-4-8-17(9-5-15)12-21(26)27-14-20(25)23(3)13-19(24)22-18-10-6-16(2)7-11-18/h4-11H,12-14H2,1-3H3,(H,22,24). The molecule has 0 aliphatic rings. The van der Waals surface area contributed by atoms with Crippen molar-refractivity contribution in [3.63, 3.8) is 0 Å². The maximum absolute atomic E-state index is 12.0. The van der Waals surface area contributed by atoms with Gasteiger partial charge in [0, 0.05) is 12.7 Å². The second-order valence-corrected chi connectivity index (χ2v) is 6.49. The Kier molecular flexibility index (Phi) is 7.11. The molecule has 0 saturated heterocycles. The van der Waals surface area contributed by atoms with E-state index in [4.69, 9.17) is 4.74 Å². The molecule has 6 nitrogen and oxygen atoms in total. The smallest absolute Gasteiger partial charge is 0.310 e. The fourth-order valence-electron chi connectivity index (χ4n) is 2.32. The van der Waals surface area contributed by atoms with Crippen molar-refractivity contribution in [3.8, 4) is 0 Å². The normalized spacial score (nSPS) is 10.2. The molecule has 0 saturated carbocycles. The van der Waals surface area contributed by atoms with Crippen LogP contribution in [0.15, 0.2) is 48.5 Å². The molecule has 0 radical (unpaired) electrons. The average molecular weight is 368 g/mol. The van der Waals surface area contributed by atoms with Gasteiger partial charge in [-0.1, -0.05) is 47.5 Å². The summed E-state index contributed by atoms with van der Waals surface area (Å²) >= 11 is 0. The minimum absolute atomic E-state index is 0.102. The summed E-state index contributed by atoms with van der Waals surface area (Å²) in [5.41, 5.74) is 3.68. The summed E-state index contributed by atoms with van der Waals surface area (Å²) in [4.78, 5) is 37.1. The zero-order chi connectivity index (χ0) is 19.8. The number of carbonyl (C=O) groups excluding carboxylic acids is 3. The van der Waals surface area contributed by atoms with Crippen LogP contribution in [0.1, 0.15) is 16.7 Å². The Morgan fingerprint density at radius 1 is 0.926 bits per heavy atom. The summed E-state index contributed by atoms with van der Waals surface area (Å²) in [5.74, 6) is -1.24. The van der Waals surface area contributed by atoms with Crippen molar-refractivity contribution in [2.45, 2.75) is 20.3 Å². The molecular formula is C21H24N2O4. The molecule has 2 rings (SSSR count).